The Morgan fingerprint density at radius 1 is 0.523 bits per heavy atom. The van der Waals surface area contributed by atoms with Gasteiger partial charge in [0.25, 0.3) is 0 Å². The summed E-state index contributed by atoms with van der Waals surface area (Å²) < 4.78 is 34.0. The summed E-state index contributed by atoms with van der Waals surface area (Å²) in [5.41, 5.74) is 0. The van der Waals surface area contributed by atoms with Gasteiger partial charge in [0, 0.05) is 13.0 Å². The monoisotopic (exact) mass is 923 g/mol. The van der Waals surface area contributed by atoms with Crippen LogP contribution in [0.5, 0.6) is 0 Å². The van der Waals surface area contributed by atoms with Crippen molar-refractivity contribution in [3.63, 3.8) is 0 Å². The number of rotatable bonds is 37. The molecule has 2 heterocycles. The van der Waals surface area contributed by atoms with E-state index in [1.807, 2.05) is 0 Å². The first-order valence-corrected chi connectivity index (χ1v) is 24.5. The Balaban J connectivity index is 1.65. The predicted octanol–water partition coefficient (Wildman–Crippen LogP) is 6.73. The average molecular weight is 923 g/mol. The van der Waals surface area contributed by atoms with Crippen molar-refractivity contribution in [1.29, 1.82) is 0 Å². The van der Waals surface area contributed by atoms with Crippen molar-refractivity contribution in [2.75, 3.05) is 33.0 Å². The Kier molecular flexibility index (Phi) is 34.6. The SMILES string of the molecule is CC/C=C\C/C=C\C/C=C\C/C=C\C/C=C\C/C=C\CCCCCCCCCOCC(COC1OC(COC2OC(CO)C(O)C(O)C2O)C(O)C(O)C1O)OC(=O)CCCCCCC. The van der Waals surface area contributed by atoms with Crippen LogP contribution in [0.4, 0.5) is 0 Å². The molecule has 0 aromatic carbocycles. The second-order valence-corrected chi connectivity index (χ2v) is 16.9. The minimum atomic E-state index is -1.71. The predicted molar refractivity (Wildman–Crippen MR) is 252 cm³/mol. The maximum absolute atomic E-state index is 12.8. The number of allylic oxidation sites excluding steroid dienone is 12. The van der Waals surface area contributed by atoms with E-state index in [0.29, 0.717) is 13.0 Å². The van der Waals surface area contributed by atoms with Crippen LogP contribution in [0, 0.1) is 0 Å². The molecule has 14 heteroatoms. The van der Waals surface area contributed by atoms with E-state index < -0.39 is 86.7 Å². The number of unbranched alkanes of at least 4 members (excludes halogenated alkanes) is 11. The fraction of sp³-hybridized carbons (Fsp3) is 0.745. The van der Waals surface area contributed by atoms with Crippen molar-refractivity contribution in [2.24, 2.45) is 0 Å². The summed E-state index contributed by atoms with van der Waals surface area (Å²) in [5, 5.41) is 71.8. The third kappa shape index (κ3) is 26.5. The summed E-state index contributed by atoms with van der Waals surface area (Å²) in [4.78, 5) is 12.8. The van der Waals surface area contributed by atoms with Gasteiger partial charge in [-0.05, 0) is 64.2 Å². The summed E-state index contributed by atoms with van der Waals surface area (Å²) in [6, 6.07) is 0. The maximum Gasteiger partial charge on any atom is 0.306 e. The molecular weight excluding hydrogens is 837 g/mol. The molecule has 65 heavy (non-hydrogen) atoms. The Morgan fingerprint density at radius 2 is 1.00 bits per heavy atom. The van der Waals surface area contributed by atoms with Gasteiger partial charge in [0.2, 0.25) is 0 Å². The van der Waals surface area contributed by atoms with E-state index in [-0.39, 0.29) is 19.6 Å². The van der Waals surface area contributed by atoms with Gasteiger partial charge in [-0.15, -0.1) is 0 Å². The minimum absolute atomic E-state index is 0.0494. The highest BCUT2D eigenvalue weighted by Crippen LogP contribution is 2.26. The molecule has 2 aliphatic rings. The fourth-order valence-corrected chi connectivity index (χ4v) is 7.23. The molecule has 0 spiro atoms. The third-order valence-electron chi connectivity index (χ3n) is 11.2. The lowest BCUT2D eigenvalue weighted by atomic mass is 9.98. The molecular formula is C51H86O14. The minimum Gasteiger partial charge on any atom is -0.457 e. The zero-order valence-electron chi connectivity index (χ0n) is 39.4. The second kappa shape index (κ2) is 38.4. The number of carbonyl (C=O) groups excluding carboxylic acids is 1. The highest BCUT2D eigenvalue weighted by molar-refractivity contribution is 5.69. The van der Waals surface area contributed by atoms with Crippen LogP contribution in [0.15, 0.2) is 72.9 Å². The molecule has 0 aromatic heterocycles. The fourth-order valence-electron chi connectivity index (χ4n) is 7.23. The average Bonchev–Trinajstić information content (AvgIpc) is 3.30. The van der Waals surface area contributed by atoms with Gasteiger partial charge in [0.15, 0.2) is 12.6 Å². The van der Waals surface area contributed by atoms with Crippen molar-refractivity contribution < 1.29 is 69.0 Å². The highest BCUT2D eigenvalue weighted by Gasteiger charge is 2.47. The van der Waals surface area contributed by atoms with E-state index in [2.05, 4.69) is 86.8 Å². The van der Waals surface area contributed by atoms with Crippen LogP contribution in [0.1, 0.15) is 142 Å². The van der Waals surface area contributed by atoms with Gasteiger partial charge in [-0.25, -0.2) is 0 Å². The van der Waals surface area contributed by atoms with Crippen LogP contribution in [0.3, 0.4) is 0 Å². The van der Waals surface area contributed by atoms with Crippen LogP contribution in [-0.2, 0) is 33.2 Å². The smallest absolute Gasteiger partial charge is 0.306 e. The molecule has 2 aliphatic heterocycles. The lowest BCUT2D eigenvalue weighted by Gasteiger charge is -2.42. The van der Waals surface area contributed by atoms with E-state index in [1.54, 1.807) is 0 Å². The van der Waals surface area contributed by atoms with Gasteiger partial charge in [0.05, 0.1) is 26.4 Å². The van der Waals surface area contributed by atoms with Gasteiger partial charge >= 0.3 is 5.97 Å². The van der Waals surface area contributed by atoms with Gasteiger partial charge in [0.1, 0.15) is 54.9 Å². The van der Waals surface area contributed by atoms with Gasteiger partial charge < -0.3 is 64.2 Å². The number of carbonyl (C=O) groups is 1. The van der Waals surface area contributed by atoms with Crippen LogP contribution in [0.2, 0.25) is 0 Å². The molecule has 0 amide bonds. The molecule has 0 aliphatic carbocycles. The topological polar surface area (TPSA) is 214 Å². The number of aliphatic hydroxyl groups is 7. The molecule has 2 saturated heterocycles. The van der Waals surface area contributed by atoms with E-state index in [9.17, 15) is 40.5 Å². The number of ether oxygens (including phenoxy) is 6. The van der Waals surface area contributed by atoms with Gasteiger partial charge in [-0.3, -0.25) is 4.79 Å². The van der Waals surface area contributed by atoms with Gasteiger partial charge in [-0.2, -0.15) is 0 Å². The third-order valence-corrected chi connectivity index (χ3v) is 11.2. The zero-order chi connectivity index (χ0) is 47.3. The van der Waals surface area contributed by atoms with Crippen molar-refractivity contribution >= 4 is 5.97 Å². The Morgan fingerprint density at radius 3 is 1.57 bits per heavy atom. The van der Waals surface area contributed by atoms with Crippen LogP contribution in [0.25, 0.3) is 0 Å². The van der Waals surface area contributed by atoms with Crippen LogP contribution >= 0.6 is 0 Å². The first-order chi connectivity index (χ1) is 31.6. The van der Waals surface area contributed by atoms with E-state index in [1.165, 1.54) is 19.3 Å². The molecule has 2 fully saturated rings. The maximum atomic E-state index is 12.8. The Bertz CT molecular complexity index is 1350. The molecule has 0 saturated carbocycles. The lowest BCUT2D eigenvalue weighted by molar-refractivity contribution is -0.332. The zero-order valence-corrected chi connectivity index (χ0v) is 39.4. The summed E-state index contributed by atoms with van der Waals surface area (Å²) in [5.74, 6) is -0.397. The number of esters is 1. The van der Waals surface area contributed by atoms with Crippen LogP contribution in [-0.4, -0.2) is 142 Å². The molecule has 7 N–H and O–H groups in total. The van der Waals surface area contributed by atoms with Crippen molar-refractivity contribution in [3.05, 3.63) is 72.9 Å². The molecule has 0 aromatic rings. The second-order valence-electron chi connectivity index (χ2n) is 16.9. The van der Waals surface area contributed by atoms with E-state index in [4.69, 9.17) is 28.4 Å². The summed E-state index contributed by atoms with van der Waals surface area (Å²) in [7, 11) is 0. The molecule has 0 bridgehead atoms. The highest BCUT2D eigenvalue weighted by atomic mass is 16.7. The molecule has 0 radical (unpaired) electrons. The Labute approximate surface area is 389 Å². The van der Waals surface area contributed by atoms with E-state index >= 15 is 0 Å². The van der Waals surface area contributed by atoms with Crippen molar-refractivity contribution in [1.82, 2.24) is 0 Å². The van der Waals surface area contributed by atoms with Gasteiger partial charge in [-0.1, -0.05) is 145 Å². The van der Waals surface area contributed by atoms with Crippen LogP contribution < -0.4 is 0 Å². The van der Waals surface area contributed by atoms with Crippen molar-refractivity contribution in [3.8, 4) is 0 Å². The molecule has 11 atom stereocenters. The standard InChI is InChI=1S/C51H86O14/c1-3-5-7-9-10-11-12-13-14-15-16-17-18-19-20-21-22-23-24-25-26-27-28-29-31-33-35-60-37-40(63-43(53)34-32-30-8-6-4-2)38-61-50-49(59)47(57)45(55)42(65-50)39-62-51-48(58)46(56)44(54)41(36-52)64-51/h5,7,10-11,13-14,16-17,19-20,22-23,40-42,44-52,54-59H,3-4,6,8-9,12,15,18,21,24-39H2,1-2H3/b7-5-,11-10-,14-13-,17-16-,20-19-,23-22-. The van der Waals surface area contributed by atoms with Crippen molar-refractivity contribution in [2.45, 2.75) is 210 Å². The molecule has 2 rings (SSSR count). The molecule has 374 valence electrons. The van der Waals surface area contributed by atoms with E-state index in [0.717, 1.165) is 96.3 Å². The largest absolute Gasteiger partial charge is 0.457 e. The first kappa shape index (κ1) is 58.6. The normalized spacial score (nSPS) is 27.2. The number of aliphatic hydroxyl groups excluding tert-OH is 7. The summed E-state index contributed by atoms with van der Waals surface area (Å²) in [6.45, 7) is 3.42. The Hall–Kier alpha value is -2.57. The summed E-state index contributed by atoms with van der Waals surface area (Å²) >= 11 is 0. The summed E-state index contributed by atoms with van der Waals surface area (Å²) in [6.07, 6.45) is 30.3. The quantitative estimate of drug-likeness (QED) is 0.0196. The lowest BCUT2D eigenvalue weighted by Crippen LogP contribution is -2.61. The first-order valence-electron chi connectivity index (χ1n) is 24.5. The molecule has 14 nitrogen and oxygen atoms in total. The number of hydrogen-bond donors (Lipinski definition) is 7. The number of hydrogen-bond acceptors (Lipinski definition) is 14. The molecule has 11 unspecified atom stereocenters.